The maximum Gasteiger partial charge on any atom is 0.466 e. The molecule has 0 bridgehead atoms. The number of rotatable bonds is 2. The second kappa shape index (κ2) is 7.75. The van der Waals surface area contributed by atoms with Crippen LogP contribution in [0.1, 0.15) is 19.8 Å². The van der Waals surface area contributed by atoms with Crippen molar-refractivity contribution < 1.29 is 19.2 Å². The second-order valence-electron chi connectivity index (χ2n) is 1.87. The molecule has 0 spiro atoms. The van der Waals surface area contributed by atoms with Crippen LogP contribution in [-0.4, -0.2) is 31.0 Å². The lowest BCUT2D eigenvalue weighted by atomic mass is 10.4. The molecule has 0 radical (unpaired) electrons. The predicted octanol–water partition coefficient (Wildman–Crippen LogP) is -0.0907. The van der Waals surface area contributed by atoms with Gasteiger partial charge in [-0.2, -0.15) is 0 Å². The third-order valence-corrected chi connectivity index (χ3v) is 1.41. The monoisotopic (exact) mass is 184 g/mol. The van der Waals surface area contributed by atoms with Crippen LogP contribution in [0.25, 0.3) is 0 Å². The summed E-state index contributed by atoms with van der Waals surface area (Å²) in [4.78, 5) is 21.6. The third-order valence-electron chi connectivity index (χ3n) is 0.707. The quantitative estimate of drug-likeness (QED) is 0.414. The summed E-state index contributed by atoms with van der Waals surface area (Å²) in [5, 5.41) is 1.48. The van der Waals surface area contributed by atoms with E-state index in [1.165, 1.54) is 34.4 Å². The molecule has 3 N–H and O–H groups in total. The van der Waals surface area contributed by atoms with Crippen molar-refractivity contribution in [2.75, 3.05) is 0 Å². The highest BCUT2D eigenvalue weighted by Crippen LogP contribution is 2.25. The zero-order valence-electron chi connectivity index (χ0n) is 6.32. The lowest BCUT2D eigenvalue weighted by Gasteiger charge is -1.82. The average molecular weight is 184 g/mol. The van der Waals surface area contributed by atoms with Gasteiger partial charge in [-0.15, -0.1) is 5.28 Å². The van der Waals surface area contributed by atoms with E-state index < -0.39 is 7.82 Å². The standard InChI is InChI=1S/C4H9.Al.H3O4P.2H/c1-3-4-2;;1-5(2,3)4;;/h1,3-4H2,2H3;;(H3,1,2,3,4);;. The molecular weight excluding hydrogens is 170 g/mol. The Kier molecular flexibility index (Phi) is 10.3. The summed E-state index contributed by atoms with van der Waals surface area (Å²) in [6.07, 6.45) is 2.83. The Labute approximate surface area is 68.9 Å². The van der Waals surface area contributed by atoms with Gasteiger partial charge in [0, 0.05) is 0 Å². The van der Waals surface area contributed by atoms with Crippen LogP contribution in [0.15, 0.2) is 0 Å². The Hall–Kier alpha value is 0.642. The number of hydrogen-bond donors (Lipinski definition) is 3. The zero-order valence-corrected chi connectivity index (χ0v) is 9.21. The highest BCUT2D eigenvalue weighted by Gasteiger charge is 2.00. The smallest absolute Gasteiger partial charge is 0.303 e. The van der Waals surface area contributed by atoms with Gasteiger partial charge in [-0.1, -0.05) is 19.8 Å². The van der Waals surface area contributed by atoms with Crippen molar-refractivity contribution in [3.63, 3.8) is 0 Å². The summed E-state index contributed by atoms with van der Waals surface area (Å²) < 4.78 is 8.88. The van der Waals surface area contributed by atoms with Gasteiger partial charge < -0.3 is 14.7 Å². The summed E-state index contributed by atoms with van der Waals surface area (Å²) in [5.41, 5.74) is 0. The Morgan fingerprint density at radius 1 is 1.40 bits per heavy atom. The van der Waals surface area contributed by atoms with Crippen LogP contribution >= 0.6 is 7.82 Å². The minimum absolute atomic E-state index is 1.38. The predicted molar refractivity (Wildman–Crippen MR) is 42.5 cm³/mol. The summed E-state index contributed by atoms with van der Waals surface area (Å²) >= 11 is 1.40. The molecule has 6 heteroatoms. The van der Waals surface area contributed by atoms with E-state index in [1.54, 1.807) is 0 Å². The van der Waals surface area contributed by atoms with Crippen molar-refractivity contribution in [2.24, 2.45) is 0 Å². The minimum Gasteiger partial charge on any atom is -0.303 e. The van der Waals surface area contributed by atoms with E-state index in [1.807, 2.05) is 0 Å². The maximum atomic E-state index is 8.88. The van der Waals surface area contributed by atoms with Crippen LogP contribution in [0.5, 0.6) is 0 Å². The largest absolute Gasteiger partial charge is 0.466 e. The van der Waals surface area contributed by atoms with Gasteiger partial charge >= 0.3 is 7.82 Å². The Morgan fingerprint density at radius 3 is 1.70 bits per heavy atom. The fourth-order valence-corrected chi connectivity index (χ4v) is 1.06. The Morgan fingerprint density at radius 2 is 1.70 bits per heavy atom. The molecule has 0 heterocycles. The first-order valence-corrected chi connectivity index (χ1v) is 6.18. The first-order valence-electron chi connectivity index (χ1n) is 3.20. The molecule has 0 saturated carbocycles. The Bertz CT molecular complexity index is 91.2. The number of unbranched alkanes of at least 4 members (excludes halogenated alkanes) is 1. The molecule has 4 nitrogen and oxygen atoms in total. The molecule has 0 aliphatic heterocycles. The summed E-state index contributed by atoms with van der Waals surface area (Å²) in [7, 11) is -4.64. The zero-order chi connectivity index (χ0) is 8.62. The third kappa shape index (κ3) is 72.3. The van der Waals surface area contributed by atoms with E-state index in [2.05, 4.69) is 6.92 Å². The van der Waals surface area contributed by atoms with Gasteiger partial charge in [0.2, 0.25) is 16.3 Å². The number of phosphoric acid groups is 1. The van der Waals surface area contributed by atoms with E-state index >= 15 is 0 Å². The van der Waals surface area contributed by atoms with Crippen molar-refractivity contribution in [3.05, 3.63) is 0 Å². The maximum absolute atomic E-state index is 8.88. The highest BCUT2D eigenvalue weighted by atomic mass is 31.2. The van der Waals surface area contributed by atoms with Gasteiger partial charge in [0.05, 0.1) is 0 Å². The molecule has 0 aromatic heterocycles. The molecule has 0 amide bonds. The molecule has 0 aromatic rings. The fourth-order valence-electron chi connectivity index (χ4n) is 0.354. The first-order chi connectivity index (χ1) is 4.41. The molecule has 0 rings (SSSR count). The normalized spacial score (nSPS) is 10.0. The van der Waals surface area contributed by atoms with E-state index in [9.17, 15) is 0 Å². The molecule has 0 unspecified atom stereocenters. The molecule has 0 aliphatic carbocycles. The molecule has 0 fully saturated rings. The molecule has 0 saturated heterocycles. The number of hydrogen-bond acceptors (Lipinski definition) is 1. The molecule has 0 atom stereocenters. The molecule has 0 aromatic carbocycles. The highest BCUT2D eigenvalue weighted by molar-refractivity contribution is 7.45. The summed E-state index contributed by atoms with van der Waals surface area (Å²) in [5.74, 6) is 0. The van der Waals surface area contributed by atoms with Gasteiger partial charge in [-0.25, -0.2) is 4.57 Å². The molecule has 62 valence electrons. The summed E-state index contributed by atoms with van der Waals surface area (Å²) in [6, 6.07) is 0. The summed E-state index contributed by atoms with van der Waals surface area (Å²) in [6.45, 7) is 2.23. The van der Waals surface area contributed by atoms with Crippen LogP contribution in [-0.2, 0) is 4.57 Å². The topological polar surface area (TPSA) is 77.8 Å². The lowest BCUT2D eigenvalue weighted by Crippen LogP contribution is -1.66. The molecule has 0 aliphatic rings. The van der Waals surface area contributed by atoms with Gasteiger partial charge in [0.15, 0.2) is 0 Å². The Balaban J connectivity index is 0. The van der Waals surface area contributed by atoms with E-state index in [0.717, 1.165) is 0 Å². The SMILES string of the molecule is CCC[CH2][AlH2].O=P(O)(O)O. The van der Waals surface area contributed by atoms with Crippen LogP contribution in [0, 0.1) is 0 Å². The van der Waals surface area contributed by atoms with Crippen molar-refractivity contribution >= 4 is 24.1 Å². The average Bonchev–Trinajstić information content (AvgIpc) is 1.63. The van der Waals surface area contributed by atoms with Crippen LogP contribution in [0.3, 0.4) is 0 Å². The fraction of sp³-hybridized carbons (Fsp3) is 1.00. The lowest BCUT2D eigenvalue weighted by molar-refractivity contribution is 0.275. The van der Waals surface area contributed by atoms with E-state index in [-0.39, 0.29) is 0 Å². The van der Waals surface area contributed by atoms with Gasteiger partial charge in [-0.3, -0.25) is 0 Å². The van der Waals surface area contributed by atoms with Crippen molar-refractivity contribution in [2.45, 2.75) is 25.0 Å². The van der Waals surface area contributed by atoms with E-state index in [4.69, 9.17) is 19.2 Å². The van der Waals surface area contributed by atoms with E-state index in [0.29, 0.717) is 0 Å². The van der Waals surface area contributed by atoms with Crippen LogP contribution < -0.4 is 0 Å². The minimum atomic E-state index is -4.64. The van der Waals surface area contributed by atoms with Crippen molar-refractivity contribution in [1.82, 2.24) is 0 Å². The van der Waals surface area contributed by atoms with Gasteiger partial charge in [0.1, 0.15) is 0 Å². The van der Waals surface area contributed by atoms with Crippen LogP contribution in [0.2, 0.25) is 5.28 Å². The van der Waals surface area contributed by atoms with Crippen molar-refractivity contribution in [3.8, 4) is 0 Å². The van der Waals surface area contributed by atoms with Gasteiger partial charge in [0.25, 0.3) is 0 Å². The first kappa shape index (κ1) is 13.2. The molecule has 10 heavy (non-hydrogen) atoms. The molecular formula is C4H14AlO4P. The van der Waals surface area contributed by atoms with Crippen LogP contribution in [0.4, 0.5) is 0 Å². The second-order valence-corrected chi connectivity index (χ2v) is 3.89. The van der Waals surface area contributed by atoms with Crippen molar-refractivity contribution in [1.29, 1.82) is 0 Å². The van der Waals surface area contributed by atoms with Gasteiger partial charge in [-0.05, 0) is 0 Å².